The van der Waals surface area contributed by atoms with E-state index in [1.165, 1.54) is 22.8 Å². The highest BCUT2D eigenvalue weighted by atomic mass is 16.6. The fraction of sp³-hybridized carbons (Fsp3) is 0.625. The van der Waals surface area contributed by atoms with Crippen LogP contribution in [0, 0.1) is 21.4 Å². The number of amides is 2. The number of likely N-dealkylation sites (tertiary alicyclic amines) is 1. The first-order chi connectivity index (χ1) is 16.5. The van der Waals surface area contributed by atoms with E-state index in [-0.39, 0.29) is 47.4 Å². The summed E-state index contributed by atoms with van der Waals surface area (Å²) in [5.74, 6) is -0.648. The third kappa shape index (κ3) is 6.91. The molecule has 1 N–H and O–H groups in total. The fourth-order valence-electron chi connectivity index (χ4n) is 4.70. The van der Waals surface area contributed by atoms with Gasteiger partial charge in [0.05, 0.1) is 16.5 Å². The zero-order valence-corrected chi connectivity index (χ0v) is 20.9. The molecule has 11 heteroatoms. The van der Waals surface area contributed by atoms with Crippen LogP contribution in [0.2, 0.25) is 0 Å². The lowest BCUT2D eigenvalue weighted by Crippen LogP contribution is -2.46. The van der Waals surface area contributed by atoms with E-state index in [0.717, 1.165) is 6.54 Å². The number of carbonyl (C=O) groups excluding carboxylic acids is 2. The van der Waals surface area contributed by atoms with Crippen molar-refractivity contribution >= 4 is 28.6 Å². The zero-order chi connectivity index (χ0) is 25.8. The van der Waals surface area contributed by atoms with Gasteiger partial charge in [-0.05, 0) is 44.8 Å². The maximum Gasteiger partial charge on any atom is 0.419 e. The standard InChI is InChI=1S/C24H35N5O6/c1-24(2,16-26(3)4)15-25-22(31)17-9-12-27(13-10-17)21(30)6-5-11-28-19-8-7-18(29(33)34)14-20(19)35-23(28)32/h7-8,14,17H,5-6,9-13,15-16H2,1-4H3,(H,25,31). The number of rotatable bonds is 10. The molecule has 11 nitrogen and oxygen atoms in total. The highest BCUT2D eigenvalue weighted by Crippen LogP contribution is 2.22. The topological polar surface area (TPSA) is 131 Å². The summed E-state index contributed by atoms with van der Waals surface area (Å²) in [7, 11) is 4.03. The summed E-state index contributed by atoms with van der Waals surface area (Å²) in [5, 5.41) is 14.0. The van der Waals surface area contributed by atoms with Crippen molar-refractivity contribution in [1.82, 2.24) is 19.7 Å². The summed E-state index contributed by atoms with van der Waals surface area (Å²) >= 11 is 0. The molecular formula is C24H35N5O6. The number of aromatic nitrogens is 1. The maximum atomic E-state index is 12.7. The number of piperidine rings is 1. The highest BCUT2D eigenvalue weighted by Gasteiger charge is 2.28. The number of nitro benzene ring substituents is 1. The highest BCUT2D eigenvalue weighted by molar-refractivity contribution is 5.80. The van der Waals surface area contributed by atoms with E-state index < -0.39 is 10.7 Å². The Balaban J connectivity index is 1.45. The van der Waals surface area contributed by atoms with Gasteiger partial charge in [0.2, 0.25) is 11.8 Å². The molecule has 2 aromatic rings. The van der Waals surface area contributed by atoms with Crippen molar-refractivity contribution in [3.63, 3.8) is 0 Å². The number of aryl methyl sites for hydroxylation is 1. The lowest BCUT2D eigenvalue weighted by molar-refractivity contribution is -0.384. The number of carbonyl (C=O) groups is 2. The molecule has 3 rings (SSSR count). The second-order valence-corrected chi connectivity index (χ2v) is 10.3. The third-order valence-corrected chi connectivity index (χ3v) is 6.34. The molecule has 0 saturated carbocycles. The molecule has 1 aliphatic heterocycles. The van der Waals surface area contributed by atoms with Gasteiger partial charge in [-0.25, -0.2) is 4.79 Å². The van der Waals surface area contributed by atoms with E-state index in [1.807, 2.05) is 14.1 Å². The molecule has 1 saturated heterocycles. The minimum absolute atomic E-state index is 0.00698. The predicted molar refractivity (Wildman–Crippen MR) is 131 cm³/mol. The maximum absolute atomic E-state index is 12.7. The average molecular weight is 490 g/mol. The summed E-state index contributed by atoms with van der Waals surface area (Å²) in [6.45, 7) is 7.08. The Morgan fingerprint density at radius 1 is 1.26 bits per heavy atom. The molecule has 1 aromatic carbocycles. The van der Waals surface area contributed by atoms with Gasteiger partial charge in [-0.2, -0.15) is 0 Å². The molecule has 0 radical (unpaired) electrons. The number of hydrogen-bond donors (Lipinski definition) is 1. The van der Waals surface area contributed by atoms with Gasteiger partial charge in [-0.3, -0.25) is 24.3 Å². The van der Waals surface area contributed by atoms with Gasteiger partial charge >= 0.3 is 5.76 Å². The van der Waals surface area contributed by atoms with Crippen molar-refractivity contribution in [3.8, 4) is 0 Å². The number of oxazole rings is 1. The number of non-ortho nitro benzene ring substituents is 1. The molecule has 2 heterocycles. The molecular weight excluding hydrogens is 454 g/mol. The normalized spacial score (nSPS) is 15.1. The monoisotopic (exact) mass is 489 g/mol. The summed E-state index contributed by atoms with van der Waals surface area (Å²) < 4.78 is 6.51. The van der Waals surface area contributed by atoms with Gasteiger partial charge in [-0.1, -0.05) is 13.8 Å². The number of nitrogens with zero attached hydrogens (tertiary/aromatic N) is 4. The van der Waals surface area contributed by atoms with Crippen molar-refractivity contribution in [2.75, 3.05) is 40.3 Å². The number of nitro groups is 1. The van der Waals surface area contributed by atoms with E-state index in [2.05, 4.69) is 24.1 Å². The Kier molecular flexibility index (Phi) is 8.31. The molecule has 1 aromatic heterocycles. The lowest BCUT2D eigenvalue weighted by Gasteiger charge is -2.33. The van der Waals surface area contributed by atoms with Crippen molar-refractivity contribution in [3.05, 3.63) is 38.9 Å². The molecule has 1 fully saturated rings. The zero-order valence-electron chi connectivity index (χ0n) is 20.9. The van der Waals surface area contributed by atoms with Crippen molar-refractivity contribution in [2.45, 2.75) is 46.1 Å². The Morgan fingerprint density at radius 3 is 2.57 bits per heavy atom. The molecule has 1 aliphatic rings. The molecule has 0 bridgehead atoms. The third-order valence-electron chi connectivity index (χ3n) is 6.34. The van der Waals surface area contributed by atoms with E-state index in [0.29, 0.717) is 44.4 Å². The summed E-state index contributed by atoms with van der Waals surface area (Å²) in [6, 6.07) is 4.03. The number of hydrogen-bond acceptors (Lipinski definition) is 7. The SMILES string of the molecule is CN(C)CC(C)(C)CNC(=O)C1CCN(C(=O)CCCn2c(=O)oc3cc([N+](=O)[O-])ccc32)CC1. The Morgan fingerprint density at radius 2 is 1.94 bits per heavy atom. The Hall–Kier alpha value is -3.21. The smallest absolute Gasteiger partial charge is 0.407 e. The van der Waals surface area contributed by atoms with E-state index in [1.54, 1.807) is 4.90 Å². The molecule has 2 amide bonds. The van der Waals surface area contributed by atoms with Crippen LogP contribution in [0.1, 0.15) is 39.5 Å². The van der Waals surface area contributed by atoms with Gasteiger partial charge in [0.25, 0.3) is 5.69 Å². The average Bonchev–Trinajstić information content (AvgIpc) is 3.11. The fourth-order valence-corrected chi connectivity index (χ4v) is 4.70. The van der Waals surface area contributed by atoms with E-state index >= 15 is 0 Å². The van der Waals surface area contributed by atoms with Gasteiger partial charge < -0.3 is 19.5 Å². The van der Waals surface area contributed by atoms with Gasteiger partial charge in [0.15, 0.2) is 5.58 Å². The quantitative estimate of drug-likeness (QED) is 0.400. The van der Waals surface area contributed by atoms with Crippen LogP contribution in [0.3, 0.4) is 0 Å². The van der Waals surface area contributed by atoms with Crippen LogP contribution >= 0.6 is 0 Å². The first kappa shape index (κ1) is 26.4. The number of benzene rings is 1. The minimum Gasteiger partial charge on any atom is -0.407 e. The largest absolute Gasteiger partial charge is 0.419 e. The molecule has 0 unspecified atom stereocenters. The summed E-state index contributed by atoms with van der Waals surface area (Å²) in [6.07, 6.45) is 1.97. The molecule has 0 atom stereocenters. The molecule has 35 heavy (non-hydrogen) atoms. The van der Waals surface area contributed by atoms with Crippen LogP contribution in [0.5, 0.6) is 0 Å². The second-order valence-electron chi connectivity index (χ2n) is 10.3. The second kappa shape index (κ2) is 11.0. The first-order valence-electron chi connectivity index (χ1n) is 11.9. The van der Waals surface area contributed by atoms with Crippen LogP contribution in [-0.4, -0.2) is 71.4 Å². The van der Waals surface area contributed by atoms with Crippen LogP contribution in [0.4, 0.5) is 5.69 Å². The van der Waals surface area contributed by atoms with Crippen LogP contribution in [0.15, 0.2) is 27.4 Å². The molecule has 0 aliphatic carbocycles. The van der Waals surface area contributed by atoms with Crippen LogP contribution in [-0.2, 0) is 16.1 Å². The summed E-state index contributed by atoms with van der Waals surface area (Å²) in [5.41, 5.74) is 0.449. The van der Waals surface area contributed by atoms with Crippen molar-refractivity contribution < 1.29 is 18.9 Å². The molecule has 0 spiro atoms. The van der Waals surface area contributed by atoms with Crippen molar-refractivity contribution in [1.29, 1.82) is 0 Å². The van der Waals surface area contributed by atoms with E-state index in [4.69, 9.17) is 4.42 Å². The van der Waals surface area contributed by atoms with E-state index in [9.17, 15) is 24.5 Å². The van der Waals surface area contributed by atoms with Crippen LogP contribution < -0.4 is 11.1 Å². The van der Waals surface area contributed by atoms with Gasteiger partial charge in [0, 0.05) is 51.1 Å². The van der Waals surface area contributed by atoms with Crippen molar-refractivity contribution in [2.24, 2.45) is 11.3 Å². The Bertz CT molecular complexity index is 1130. The minimum atomic E-state index is -0.603. The van der Waals surface area contributed by atoms with Gasteiger partial charge in [-0.15, -0.1) is 0 Å². The van der Waals surface area contributed by atoms with Crippen LogP contribution in [0.25, 0.3) is 11.1 Å². The first-order valence-corrected chi connectivity index (χ1v) is 11.9. The number of nitrogens with one attached hydrogen (secondary N) is 1. The summed E-state index contributed by atoms with van der Waals surface area (Å²) in [4.78, 5) is 51.7. The van der Waals surface area contributed by atoms with Gasteiger partial charge in [0.1, 0.15) is 0 Å². The predicted octanol–water partition coefficient (Wildman–Crippen LogP) is 2.23. The Labute approximate surface area is 204 Å². The lowest BCUT2D eigenvalue weighted by atomic mass is 9.91. The number of fused-ring (bicyclic) bond motifs is 1. The molecule has 192 valence electrons.